The third-order valence-electron chi connectivity index (χ3n) is 3.68. The van der Waals surface area contributed by atoms with Crippen molar-refractivity contribution in [1.29, 1.82) is 5.26 Å². The van der Waals surface area contributed by atoms with Gasteiger partial charge in [-0.2, -0.15) is 5.26 Å². The highest BCUT2D eigenvalue weighted by atomic mass is 127. The van der Waals surface area contributed by atoms with Crippen molar-refractivity contribution in [2.75, 3.05) is 20.7 Å². The topological polar surface area (TPSA) is 78.7 Å². The van der Waals surface area contributed by atoms with Crippen LogP contribution < -0.4 is 20.1 Å². The van der Waals surface area contributed by atoms with Gasteiger partial charge in [0.25, 0.3) is 0 Å². The average Bonchev–Trinajstić information content (AvgIpc) is 2.68. The van der Waals surface area contributed by atoms with Gasteiger partial charge in [-0.1, -0.05) is 18.2 Å². The molecule has 2 aromatic carbocycles. The van der Waals surface area contributed by atoms with Crippen LogP contribution in [0.3, 0.4) is 0 Å². The van der Waals surface area contributed by atoms with Crippen LogP contribution in [-0.4, -0.2) is 32.8 Å². The van der Waals surface area contributed by atoms with Crippen LogP contribution in [0.5, 0.6) is 11.5 Å². The molecule has 2 N–H and O–H groups in total. The Bertz CT molecular complexity index is 790. The highest BCUT2D eigenvalue weighted by molar-refractivity contribution is 14.0. The number of hydrogen-bond donors (Lipinski definition) is 2. The van der Waals surface area contributed by atoms with Gasteiger partial charge in [-0.3, -0.25) is 4.99 Å². The van der Waals surface area contributed by atoms with Crippen LogP contribution >= 0.6 is 24.0 Å². The zero-order chi connectivity index (χ0) is 18.8. The molecule has 0 spiro atoms. The first kappa shape index (κ1) is 22.6. The van der Waals surface area contributed by atoms with Gasteiger partial charge in [-0.05, 0) is 36.8 Å². The molecule has 0 amide bonds. The van der Waals surface area contributed by atoms with Gasteiger partial charge in [-0.25, -0.2) is 0 Å². The fourth-order valence-electron chi connectivity index (χ4n) is 2.35. The highest BCUT2D eigenvalue weighted by Gasteiger charge is 2.07. The molecule has 0 fully saturated rings. The number of halogens is 1. The Hall–Kier alpha value is -2.47. The number of nitrogens with one attached hydrogen (secondary N) is 2. The molecule has 0 aliphatic rings. The maximum atomic E-state index is 8.96. The van der Waals surface area contributed by atoms with Crippen LogP contribution in [0.15, 0.2) is 53.5 Å². The Morgan fingerprint density at radius 2 is 1.89 bits per heavy atom. The number of methoxy groups -OCH3 is 1. The van der Waals surface area contributed by atoms with Crippen LogP contribution in [0.1, 0.15) is 18.1 Å². The smallest absolute Gasteiger partial charge is 0.191 e. The number of aliphatic imine (C=N–C) groups is 1. The summed E-state index contributed by atoms with van der Waals surface area (Å²) in [7, 11) is 3.35. The molecule has 0 saturated carbocycles. The minimum Gasteiger partial charge on any atom is -0.497 e. The second-order valence-electron chi connectivity index (χ2n) is 5.73. The minimum absolute atomic E-state index is 0. The molecule has 2 aromatic rings. The predicted molar refractivity (Wildman–Crippen MR) is 118 cm³/mol. The Balaban J connectivity index is 0.00000364. The minimum atomic E-state index is -0.0532. The molecule has 27 heavy (non-hydrogen) atoms. The molecule has 6 nitrogen and oxygen atoms in total. The second kappa shape index (κ2) is 12.0. The number of nitriles is 1. The van der Waals surface area contributed by atoms with Gasteiger partial charge in [0.15, 0.2) is 5.96 Å². The summed E-state index contributed by atoms with van der Waals surface area (Å²) in [4.78, 5) is 4.21. The summed E-state index contributed by atoms with van der Waals surface area (Å²) >= 11 is 0. The summed E-state index contributed by atoms with van der Waals surface area (Å²) < 4.78 is 11.1. The summed E-state index contributed by atoms with van der Waals surface area (Å²) in [5.74, 6) is 2.20. The maximum absolute atomic E-state index is 8.96. The van der Waals surface area contributed by atoms with Gasteiger partial charge >= 0.3 is 0 Å². The van der Waals surface area contributed by atoms with E-state index in [-0.39, 0.29) is 30.1 Å². The van der Waals surface area contributed by atoms with Gasteiger partial charge < -0.3 is 20.1 Å². The van der Waals surface area contributed by atoms with Crippen LogP contribution in [0.2, 0.25) is 0 Å². The van der Waals surface area contributed by atoms with E-state index in [0.717, 1.165) is 17.1 Å². The zero-order valence-electron chi connectivity index (χ0n) is 15.7. The third-order valence-corrected chi connectivity index (χ3v) is 3.68. The molecule has 0 aliphatic heterocycles. The normalized spacial score (nSPS) is 11.6. The van der Waals surface area contributed by atoms with Crippen LogP contribution in [0.4, 0.5) is 0 Å². The summed E-state index contributed by atoms with van der Waals surface area (Å²) in [5.41, 5.74) is 1.67. The van der Waals surface area contributed by atoms with Crippen LogP contribution in [-0.2, 0) is 6.54 Å². The van der Waals surface area contributed by atoms with E-state index in [4.69, 9.17) is 14.7 Å². The van der Waals surface area contributed by atoms with Crippen molar-refractivity contribution in [3.63, 3.8) is 0 Å². The molecule has 0 radical (unpaired) electrons. The van der Waals surface area contributed by atoms with Gasteiger partial charge in [0, 0.05) is 19.7 Å². The SMILES string of the molecule is CN=C(NCc1cccc(C#N)c1)NCC(C)Oc1cccc(OC)c1.I. The highest BCUT2D eigenvalue weighted by Crippen LogP contribution is 2.19. The fourth-order valence-corrected chi connectivity index (χ4v) is 2.35. The average molecular weight is 480 g/mol. The van der Waals surface area contributed by atoms with E-state index < -0.39 is 0 Å². The van der Waals surface area contributed by atoms with Crippen molar-refractivity contribution in [2.24, 2.45) is 4.99 Å². The lowest BCUT2D eigenvalue weighted by molar-refractivity contribution is 0.223. The third kappa shape index (κ3) is 7.74. The van der Waals surface area contributed by atoms with Crippen LogP contribution in [0, 0.1) is 11.3 Å². The summed E-state index contributed by atoms with van der Waals surface area (Å²) in [6.45, 7) is 3.16. The Morgan fingerprint density at radius 3 is 2.59 bits per heavy atom. The molecule has 0 aliphatic carbocycles. The van der Waals surface area contributed by atoms with E-state index in [0.29, 0.717) is 24.6 Å². The maximum Gasteiger partial charge on any atom is 0.191 e. The number of ether oxygens (including phenoxy) is 2. The molecule has 1 unspecified atom stereocenters. The van der Waals surface area contributed by atoms with Crippen molar-refractivity contribution in [3.05, 3.63) is 59.7 Å². The molecule has 0 aromatic heterocycles. The quantitative estimate of drug-likeness (QED) is 0.361. The monoisotopic (exact) mass is 480 g/mol. The second-order valence-corrected chi connectivity index (χ2v) is 5.73. The molecule has 144 valence electrons. The lowest BCUT2D eigenvalue weighted by Gasteiger charge is -2.18. The van der Waals surface area contributed by atoms with Crippen molar-refractivity contribution in [2.45, 2.75) is 19.6 Å². The molecule has 0 heterocycles. The standard InChI is InChI=1S/C20H24N4O2.HI/c1-15(26-19-9-5-8-18(11-19)25-3)13-23-20(22-2)24-14-17-7-4-6-16(10-17)12-21;/h4-11,15H,13-14H2,1-3H3,(H2,22,23,24);1H. The number of nitrogens with zero attached hydrogens (tertiary/aromatic N) is 2. The number of guanidine groups is 1. The lowest BCUT2D eigenvalue weighted by Crippen LogP contribution is -2.41. The first-order valence-corrected chi connectivity index (χ1v) is 8.39. The van der Waals surface area contributed by atoms with Crippen molar-refractivity contribution >= 4 is 29.9 Å². The largest absolute Gasteiger partial charge is 0.497 e. The van der Waals surface area contributed by atoms with E-state index in [1.165, 1.54) is 0 Å². The molecule has 7 heteroatoms. The number of rotatable bonds is 7. The van der Waals surface area contributed by atoms with Gasteiger partial charge in [0.05, 0.1) is 25.3 Å². The summed E-state index contributed by atoms with van der Waals surface area (Å²) in [6, 6.07) is 17.1. The first-order chi connectivity index (χ1) is 12.6. The lowest BCUT2D eigenvalue weighted by atomic mass is 10.1. The Morgan fingerprint density at radius 1 is 1.15 bits per heavy atom. The Labute approximate surface area is 177 Å². The van der Waals surface area contributed by atoms with Gasteiger partial charge in [0.1, 0.15) is 17.6 Å². The molecule has 0 bridgehead atoms. The van der Waals surface area contributed by atoms with Crippen molar-refractivity contribution in [1.82, 2.24) is 10.6 Å². The molecule has 2 rings (SSSR count). The van der Waals surface area contributed by atoms with Crippen molar-refractivity contribution in [3.8, 4) is 17.6 Å². The van der Waals surface area contributed by atoms with E-state index in [9.17, 15) is 0 Å². The summed E-state index contributed by atoms with van der Waals surface area (Å²) in [6.07, 6.45) is -0.0532. The Kier molecular flexibility index (Phi) is 10.0. The first-order valence-electron chi connectivity index (χ1n) is 8.39. The predicted octanol–water partition coefficient (Wildman–Crippen LogP) is 3.32. The van der Waals surface area contributed by atoms with E-state index >= 15 is 0 Å². The van der Waals surface area contributed by atoms with Crippen LogP contribution in [0.25, 0.3) is 0 Å². The molecular weight excluding hydrogens is 455 g/mol. The van der Waals surface area contributed by atoms with Gasteiger partial charge in [0.2, 0.25) is 0 Å². The fraction of sp³-hybridized carbons (Fsp3) is 0.300. The summed E-state index contributed by atoms with van der Waals surface area (Å²) in [5, 5.41) is 15.4. The van der Waals surface area contributed by atoms with E-state index in [1.54, 1.807) is 20.2 Å². The van der Waals surface area contributed by atoms with E-state index in [1.807, 2.05) is 49.4 Å². The van der Waals surface area contributed by atoms with Gasteiger partial charge in [-0.15, -0.1) is 24.0 Å². The molecular formula is C20H25IN4O2. The molecule has 0 saturated heterocycles. The van der Waals surface area contributed by atoms with Crippen molar-refractivity contribution < 1.29 is 9.47 Å². The molecule has 1 atom stereocenters. The number of benzene rings is 2. The number of hydrogen-bond acceptors (Lipinski definition) is 4. The zero-order valence-corrected chi connectivity index (χ0v) is 18.1. The van der Waals surface area contributed by atoms with E-state index in [2.05, 4.69) is 21.7 Å².